The highest BCUT2D eigenvalue weighted by Gasteiger charge is 2.34. The Bertz CT molecular complexity index is 803. The number of benzene rings is 1. The number of nitrogens with one attached hydrogen (secondary N) is 2. The van der Waals surface area contributed by atoms with E-state index in [0.29, 0.717) is 12.0 Å². The van der Waals surface area contributed by atoms with E-state index >= 15 is 0 Å². The van der Waals surface area contributed by atoms with Crippen molar-refractivity contribution < 1.29 is 27.5 Å². The van der Waals surface area contributed by atoms with Crippen molar-refractivity contribution in [3.05, 3.63) is 47.2 Å². The highest BCUT2D eigenvalue weighted by Crippen LogP contribution is 2.36. The minimum Gasteiger partial charge on any atom is -0.456 e. The molecule has 144 valence electrons. The first kappa shape index (κ1) is 20.4. The zero-order valence-electron chi connectivity index (χ0n) is 13.7. The maximum atomic E-state index is 13.0. The summed E-state index contributed by atoms with van der Waals surface area (Å²) in [4.78, 5) is 31.1. The Hall–Kier alpha value is -2.88. The van der Waals surface area contributed by atoms with Crippen LogP contribution in [0, 0.1) is 0 Å². The van der Waals surface area contributed by atoms with E-state index < -0.39 is 35.9 Å². The smallest absolute Gasteiger partial charge is 0.418 e. The van der Waals surface area contributed by atoms with Gasteiger partial charge in [0.15, 0.2) is 6.61 Å². The van der Waals surface area contributed by atoms with Crippen molar-refractivity contribution in [1.82, 2.24) is 9.97 Å². The lowest BCUT2D eigenvalue weighted by molar-refractivity contribution is -0.147. The van der Waals surface area contributed by atoms with E-state index in [1.54, 1.807) is 6.07 Å². The lowest BCUT2D eigenvalue weighted by Gasteiger charge is -2.14. The van der Waals surface area contributed by atoms with Gasteiger partial charge in [-0.3, -0.25) is 9.59 Å². The molecule has 2 rings (SSSR count). The first-order chi connectivity index (χ1) is 12.8. The Kier molecular flexibility index (Phi) is 6.94. The number of esters is 1. The number of hydrogen-bond acceptors (Lipinski definition) is 6. The van der Waals surface area contributed by atoms with Crippen LogP contribution in [-0.2, 0) is 20.5 Å². The Labute approximate surface area is 156 Å². The fourth-order valence-corrected chi connectivity index (χ4v) is 2.10. The third-order valence-corrected chi connectivity index (χ3v) is 3.34. The van der Waals surface area contributed by atoms with Crippen molar-refractivity contribution in [2.24, 2.45) is 0 Å². The van der Waals surface area contributed by atoms with Gasteiger partial charge < -0.3 is 15.4 Å². The van der Waals surface area contributed by atoms with Crippen LogP contribution in [0.15, 0.2) is 36.7 Å². The molecular weight excluding hydrogens is 389 g/mol. The van der Waals surface area contributed by atoms with E-state index in [4.69, 9.17) is 16.3 Å². The predicted octanol–water partition coefficient (Wildman–Crippen LogP) is 3.13. The molecule has 0 saturated carbocycles. The minimum absolute atomic E-state index is 0.0831. The molecule has 0 radical (unpaired) electrons. The first-order valence-corrected chi connectivity index (χ1v) is 7.96. The van der Waals surface area contributed by atoms with Gasteiger partial charge in [0.1, 0.15) is 0 Å². The molecule has 0 aliphatic carbocycles. The van der Waals surface area contributed by atoms with Gasteiger partial charge >= 0.3 is 12.1 Å². The molecule has 0 aliphatic rings. The number of nitrogens with zero attached hydrogens (tertiary/aromatic N) is 2. The summed E-state index contributed by atoms with van der Waals surface area (Å²) in [7, 11) is 0. The quantitative estimate of drug-likeness (QED) is 0.691. The summed E-state index contributed by atoms with van der Waals surface area (Å²) >= 11 is 5.56. The Morgan fingerprint density at radius 3 is 2.56 bits per heavy atom. The third-order valence-electron chi connectivity index (χ3n) is 3.10. The topological polar surface area (TPSA) is 93.2 Å². The van der Waals surface area contributed by atoms with Crippen LogP contribution in [0.3, 0.4) is 0 Å². The number of halogens is 4. The molecule has 0 fully saturated rings. The molecule has 0 bridgehead atoms. The molecule has 1 amide bonds. The van der Waals surface area contributed by atoms with Crippen LogP contribution >= 0.6 is 11.6 Å². The van der Waals surface area contributed by atoms with E-state index in [-0.39, 0.29) is 18.0 Å². The van der Waals surface area contributed by atoms with Gasteiger partial charge in [0.05, 0.1) is 17.7 Å². The molecule has 0 unspecified atom stereocenters. The Balaban J connectivity index is 1.80. The number of hydrogen-bond donors (Lipinski definition) is 2. The van der Waals surface area contributed by atoms with Gasteiger partial charge in [-0.15, -0.1) is 0 Å². The fourth-order valence-electron chi connectivity index (χ4n) is 1.93. The number of rotatable bonds is 7. The largest absolute Gasteiger partial charge is 0.456 e. The zero-order chi connectivity index (χ0) is 19.9. The maximum Gasteiger partial charge on any atom is 0.418 e. The molecule has 1 heterocycles. The molecule has 0 atom stereocenters. The number of alkyl halides is 3. The second kappa shape index (κ2) is 9.17. The summed E-state index contributed by atoms with van der Waals surface area (Å²) in [5, 5.41) is 4.70. The maximum absolute atomic E-state index is 13.0. The standard InChI is InChI=1S/C16H14ClF3N4O3/c17-10-2-3-12(11(8-10)16(18,19)20)24-13(25)9-27-14(26)4-7-23-15-21-5-1-6-22-15/h1-3,5-6,8H,4,7,9H2,(H,24,25)(H,21,22,23). The van der Waals surface area contributed by atoms with Crippen LogP contribution in [0.25, 0.3) is 0 Å². The normalized spacial score (nSPS) is 11.0. The average molecular weight is 403 g/mol. The molecule has 2 N–H and O–H groups in total. The van der Waals surface area contributed by atoms with Crippen molar-refractivity contribution in [2.45, 2.75) is 12.6 Å². The number of carbonyl (C=O) groups is 2. The lowest BCUT2D eigenvalue weighted by atomic mass is 10.1. The summed E-state index contributed by atoms with van der Waals surface area (Å²) in [5.41, 5.74) is -1.57. The van der Waals surface area contributed by atoms with E-state index in [2.05, 4.69) is 20.6 Å². The van der Waals surface area contributed by atoms with Gasteiger partial charge in [0.2, 0.25) is 5.95 Å². The van der Waals surface area contributed by atoms with Crippen LogP contribution in [0.4, 0.5) is 24.8 Å². The fraction of sp³-hybridized carbons (Fsp3) is 0.250. The molecule has 27 heavy (non-hydrogen) atoms. The second-order valence-corrected chi connectivity index (χ2v) is 5.58. The molecule has 0 aliphatic heterocycles. The second-order valence-electron chi connectivity index (χ2n) is 5.15. The van der Waals surface area contributed by atoms with Crippen LogP contribution in [0.5, 0.6) is 0 Å². The summed E-state index contributed by atoms with van der Waals surface area (Å²) in [6.45, 7) is -0.555. The molecule has 1 aromatic heterocycles. The first-order valence-electron chi connectivity index (χ1n) is 7.59. The number of ether oxygens (including phenoxy) is 1. The number of anilines is 2. The minimum atomic E-state index is -4.70. The van der Waals surface area contributed by atoms with Crippen molar-refractivity contribution in [3.63, 3.8) is 0 Å². The summed E-state index contributed by atoms with van der Waals surface area (Å²) in [6, 6.07) is 4.55. The van der Waals surface area contributed by atoms with Gasteiger partial charge in [-0.05, 0) is 24.3 Å². The van der Waals surface area contributed by atoms with Crippen molar-refractivity contribution in [1.29, 1.82) is 0 Å². The molecule has 11 heteroatoms. The van der Waals surface area contributed by atoms with Gasteiger partial charge in [-0.2, -0.15) is 13.2 Å². The summed E-state index contributed by atoms with van der Waals surface area (Å²) < 4.78 is 43.6. The van der Waals surface area contributed by atoms with Crippen LogP contribution in [-0.4, -0.2) is 35.0 Å². The molecule has 0 spiro atoms. The van der Waals surface area contributed by atoms with Crippen LogP contribution in [0.2, 0.25) is 5.02 Å². The van der Waals surface area contributed by atoms with Crippen LogP contribution < -0.4 is 10.6 Å². The van der Waals surface area contributed by atoms with E-state index in [9.17, 15) is 22.8 Å². The number of aromatic nitrogens is 2. The molecule has 1 aromatic carbocycles. The summed E-state index contributed by atoms with van der Waals surface area (Å²) in [5.74, 6) is -1.29. The van der Waals surface area contributed by atoms with Gasteiger partial charge in [-0.1, -0.05) is 11.6 Å². The molecule has 7 nitrogen and oxygen atoms in total. The zero-order valence-corrected chi connectivity index (χ0v) is 14.5. The van der Waals surface area contributed by atoms with Gasteiger partial charge in [0, 0.05) is 24.0 Å². The number of amides is 1. The molecular formula is C16H14ClF3N4O3. The van der Waals surface area contributed by atoms with Gasteiger partial charge in [-0.25, -0.2) is 9.97 Å². The van der Waals surface area contributed by atoms with Crippen molar-refractivity contribution in [3.8, 4) is 0 Å². The predicted molar refractivity (Wildman–Crippen MR) is 91.2 cm³/mol. The monoisotopic (exact) mass is 402 g/mol. The van der Waals surface area contributed by atoms with E-state index in [1.165, 1.54) is 18.5 Å². The SMILES string of the molecule is O=C(COC(=O)CCNc1ncccn1)Nc1ccc(Cl)cc1C(F)(F)F. The summed E-state index contributed by atoms with van der Waals surface area (Å²) in [6.07, 6.45) is -1.75. The van der Waals surface area contributed by atoms with Crippen molar-refractivity contribution >= 4 is 35.1 Å². The molecule has 0 saturated heterocycles. The van der Waals surface area contributed by atoms with Crippen molar-refractivity contribution in [2.75, 3.05) is 23.8 Å². The Morgan fingerprint density at radius 2 is 1.89 bits per heavy atom. The average Bonchev–Trinajstić information content (AvgIpc) is 2.61. The highest BCUT2D eigenvalue weighted by molar-refractivity contribution is 6.30. The van der Waals surface area contributed by atoms with Crippen LogP contribution in [0.1, 0.15) is 12.0 Å². The Morgan fingerprint density at radius 1 is 1.19 bits per heavy atom. The number of carbonyl (C=O) groups excluding carboxylic acids is 2. The third kappa shape index (κ3) is 6.74. The highest BCUT2D eigenvalue weighted by atomic mass is 35.5. The molecule has 2 aromatic rings. The van der Waals surface area contributed by atoms with Gasteiger partial charge in [0.25, 0.3) is 5.91 Å². The van der Waals surface area contributed by atoms with E-state index in [1.807, 2.05) is 0 Å². The van der Waals surface area contributed by atoms with E-state index in [0.717, 1.165) is 6.07 Å². The lowest BCUT2D eigenvalue weighted by Crippen LogP contribution is -2.23.